The van der Waals surface area contributed by atoms with Gasteiger partial charge in [0, 0.05) is 49.7 Å². The zero-order valence-electron chi connectivity index (χ0n) is 19.7. The van der Waals surface area contributed by atoms with Gasteiger partial charge in [-0.05, 0) is 37.0 Å². The third-order valence-electron chi connectivity index (χ3n) is 7.32. The third-order valence-corrected chi connectivity index (χ3v) is 7.32. The molecule has 0 saturated carbocycles. The number of Topliss-reactive ketones (excluding diaryl/α,β-unsaturated/α-hetero) is 1. The Morgan fingerprint density at radius 1 is 1.18 bits per heavy atom. The van der Waals surface area contributed by atoms with E-state index in [1.807, 2.05) is 24.5 Å². The number of piperazine rings is 1. The van der Waals surface area contributed by atoms with E-state index in [4.69, 9.17) is 4.98 Å². The van der Waals surface area contributed by atoms with Gasteiger partial charge in [-0.25, -0.2) is 9.97 Å². The molecule has 3 aromatic rings. The number of rotatable bonds is 6. The summed E-state index contributed by atoms with van der Waals surface area (Å²) in [4.78, 5) is 29.4. The molecule has 5 rings (SSSR count). The van der Waals surface area contributed by atoms with Crippen LogP contribution < -0.4 is 15.5 Å². The highest BCUT2D eigenvalue weighted by molar-refractivity contribution is 6.01. The maximum Gasteiger partial charge on any atom is 0.230 e. The zero-order chi connectivity index (χ0) is 22.9. The van der Waals surface area contributed by atoms with Crippen LogP contribution in [0.15, 0.2) is 30.6 Å². The van der Waals surface area contributed by atoms with E-state index in [2.05, 4.69) is 56.9 Å². The molecule has 2 aliphatic rings. The molecule has 2 N–H and O–H groups in total. The average Bonchev–Trinajstić information content (AvgIpc) is 3.24. The number of hydrogen-bond acceptors (Lipinski definition) is 7. The first-order valence-electron chi connectivity index (χ1n) is 12.2. The van der Waals surface area contributed by atoms with E-state index >= 15 is 0 Å². The number of carbonyl (C=O) groups excluding carboxylic acids is 1. The number of hydrogen-bond donors (Lipinski definition) is 2. The van der Waals surface area contributed by atoms with Gasteiger partial charge in [0.15, 0.2) is 5.78 Å². The fourth-order valence-corrected chi connectivity index (χ4v) is 5.10. The summed E-state index contributed by atoms with van der Waals surface area (Å²) < 4.78 is 2.17. The molecule has 0 radical (unpaired) electrons. The number of ketones is 1. The van der Waals surface area contributed by atoms with Crippen molar-refractivity contribution in [3.05, 3.63) is 36.3 Å². The highest BCUT2D eigenvalue weighted by atomic mass is 16.1. The molecule has 3 atom stereocenters. The number of nitrogens with one attached hydrogen (secondary N) is 2. The maximum atomic E-state index is 13.1. The van der Waals surface area contributed by atoms with Gasteiger partial charge < -0.3 is 20.1 Å². The predicted octanol–water partition coefficient (Wildman–Crippen LogP) is 4.18. The zero-order valence-corrected chi connectivity index (χ0v) is 19.7. The molecular weight excluding hydrogens is 414 g/mol. The molecule has 0 amide bonds. The molecule has 33 heavy (non-hydrogen) atoms. The lowest BCUT2D eigenvalue weighted by molar-refractivity contribution is 0.0834. The van der Waals surface area contributed by atoms with E-state index in [9.17, 15) is 4.79 Å². The number of nitrogens with zero attached hydrogens (tertiary/aromatic N) is 5. The van der Waals surface area contributed by atoms with Gasteiger partial charge in [0.05, 0.1) is 17.6 Å². The summed E-state index contributed by atoms with van der Waals surface area (Å²) >= 11 is 0. The Morgan fingerprint density at radius 2 is 2.00 bits per heavy atom. The topological polar surface area (TPSA) is 88.0 Å². The Balaban J connectivity index is 1.44. The van der Waals surface area contributed by atoms with Gasteiger partial charge in [-0.15, -0.1) is 0 Å². The monoisotopic (exact) mass is 447 g/mol. The largest absolute Gasteiger partial charge is 0.368 e. The quantitative estimate of drug-likeness (QED) is 0.586. The molecule has 2 aliphatic heterocycles. The summed E-state index contributed by atoms with van der Waals surface area (Å²) in [5, 5.41) is 7.53. The minimum Gasteiger partial charge on any atom is -0.368 e. The van der Waals surface area contributed by atoms with Crippen LogP contribution in [0.5, 0.6) is 0 Å². The van der Waals surface area contributed by atoms with Crippen LogP contribution in [-0.4, -0.2) is 51.5 Å². The molecule has 8 heteroatoms. The van der Waals surface area contributed by atoms with Gasteiger partial charge in [0.2, 0.25) is 5.95 Å². The maximum absolute atomic E-state index is 13.1. The molecule has 0 aliphatic carbocycles. The molecule has 0 spiro atoms. The second-order valence-electron chi connectivity index (χ2n) is 9.29. The first-order chi connectivity index (χ1) is 16.1. The summed E-state index contributed by atoms with van der Waals surface area (Å²) in [5.41, 5.74) is 2.73. The number of carbonyl (C=O) groups is 1. The van der Waals surface area contributed by atoms with Crippen LogP contribution in [0.3, 0.4) is 0 Å². The van der Waals surface area contributed by atoms with Gasteiger partial charge in [0.1, 0.15) is 11.5 Å². The number of pyridine rings is 1. The summed E-state index contributed by atoms with van der Waals surface area (Å²) in [7, 11) is 0. The van der Waals surface area contributed by atoms with Crippen LogP contribution in [0.4, 0.5) is 17.5 Å². The Kier molecular flexibility index (Phi) is 6.01. The van der Waals surface area contributed by atoms with E-state index in [-0.39, 0.29) is 17.7 Å². The highest BCUT2D eigenvalue weighted by Gasteiger charge is 2.36. The smallest absolute Gasteiger partial charge is 0.230 e. The third kappa shape index (κ3) is 4.08. The van der Waals surface area contributed by atoms with Gasteiger partial charge in [-0.3, -0.25) is 4.79 Å². The Labute approximate surface area is 194 Å². The van der Waals surface area contributed by atoms with Crippen LogP contribution in [0.2, 0.25) is 0 Å². The second kappa shape index (κ2) is 9.09. The van der Waals surface area contributed by atoms with Crippen molar-refractivity contribution in [3.63, 3.8) is 0 Å². The average molecular weight is 448 g/mol. The van der Waals surface area contributed by atoms with Crippen molar-refractivity contribution in [2.24, 2.45) is 11.8 Å². The molecule has 0 bridgehead atoms. The van der Waals surface area contributed by atoms with Crippen molar-refractivity contribution < 1.29 is 4.79 Å². The van der Waals surface area contributed by atoms with Crippen molar-refractivity contribution in [3.8, 4) is 0 Å². The standard InChI is InChI=1S/C25H33N7O/c1-4-16(3)20-12-17(5-2)23(33)21-13-18-14-28-25(30-24(18)32(20)21)29-22-7-6-19(15-27-22)31-10-8-26-9-11-31/h6-7,13-17,20,26H,4-5,8-12H2,1-3H3,(H,27,28,29,30)/t16?,17?,20-/m1/s1. The predicted molar refractivity (Wildman–Crippen MR) is 131 cm³/mol. The van der Waals surface area contributed by atoms with Crippen molar-refractivity contribution >= 4 is 34.3 Å². The minimum absolute atomic E-state index is 0.0877. The Morgan fingerprint density at radius 3 is 2.70 bits per heavy atom. The number of fused-ring (bicyclic) bond motifs is 3. The molecular formula is C25H33N7O. The van der Waals surface area contributed by atoms with Gasteiger partial charge in [0.25, 0.3) is 0 Å². The first-order valence-corrected chi connectivity index (χ1v) is 12.2. The van der Waals surface area contributed by atoms with Crippen molar-refractivity contribution in [1.82, 2.24) is 24.8 Å². The van der Waals surface area contributed by atoms with E-state index in [1.165, 1.54) is 0 Å². The highest BCUT2D eigenvalue weighted by Crippen LogP contribution is 2.40. The van der Waals surface area contributed by atoms with Crippen LogP contribution in [0, 0.1) is 11.8 Å². The molecule has 174 valence electrons. The van der Waals surface area contributed by atoms with E-state index in [1.54, 1.807) is 0 Å². The van der Waals surface area contributed by atoms with Crippen molar-refractivity contribution in [2.45, 2.75) is 46.1 Å². The lowest BCUT2D eigenvalue weighted by Crippen LogP contribution is -2.43. The molecule has 5 heterocycles. The molecule has 2 unspecified atom stereocenters. The van der Waals surface area contributed by atoms with Crippen LogP contribution >= 0.6 is 0 Å². The summed E-state index contributed by atoms with van der Waals surface area (Å²) in [6, 6.07) is 6.29. The normalized spacial score (nSPS) is 21.8. The van der Waals surface area contributed by atoms with Crippen LogP contribution in [-0.2, 0) is 0 Å². The van der Waals surface area contributed by atoms with Crippen LogP contribution in [0.1, 0.15) is 56.6 Å². The second-order valence-corrected chi connectivity index (χ2v) is 9.29. The Hall–Kier alpha value is -3.00. The summed E-state index contributed by atoms with van der Waals surface area (Å²) in [6.45, 7) is 10.6. The number of aromatic nitrogens is 4. The lowest BCUT2D eigenvalue weighted by atomic mass is 9.82. The first kappa shape index (κ1) is 21.8. The van der Waals surface area contributed by atoms with Crippen molar-refractivity contribution in [2.75, 3.05) is 36.4 Å². The van der Waals surface area contributed by atoms with Crippen molar-refractivity contribution in [1.29, 1.82) is 0 Å². The lowest BCUT2D eigenvalue weighted by Gasteiger charge is -2.34. The number of anilines is 3. The summed E-state index contributed by atoms with van der Waals surface area (Å²) in [6.07, 6.45) is 6.53. The van der Waals surface area contributed by atoms with Gasteiger partial charge in [-0.1, -0.05) is 27.2 Å². The van der Waals surface area contributed by atoms with E-state index in [0.717, 1.165) is 67.9 Å². The molecule has 1 saturated heterocycles. The fourth-order valence-electron chi connectivity index (χ4n) is 5.10. The van der Waals surface area contributed by atoms with Gasteiger partial charge in [-0.2, -0.15) is 4.98 Å². The molecule has 3 aromatic heterocycles. The Bertz CT molecular complexity index is 1130. The van der Waals surface area contributed by atoms with Gasteiger partial charge >= 0.3 is 0 Å². The molecule has 8 nitrogen and oxygen atoms in total. The van der Waals surface area contributed by atoms with E-state index < -0.39 is 0 Å². The SMILES string of the molecule is CCC1C[C@H](C(C)CC)n2c(cc3cnc(Nc4ccc(N5CCNCC5)cn4)nc32)C1=O. The molecule has 0 aromatic carbocycles. The van der Waals surface area contributed by atoms with Crippen LogP contribution in [0.25, 0.3) is 11.0 Å². The molecule has 1 fully saturated rings. The summed E-state index contributed by atoms with van der Waals surface area (Å²) in [5.74, 6) is 1.99. The minimum atomic E-state index is 0.0877. The van der Waals surface area contributed by atoms with E-state index in [0.29, 0.717) is 17.7 Å². The fraction of sp³-hybridized carbons (Fsp3) is 0.520.